The third kappa shape index (κ3) is 1.48. The molecule has 2 aromatic heterocycles. The third-order valence-electron chi connectivity index (χ3n) is 3.56. The lowest BCUT2D eigenvalue weighted by atomic mass is 9.90. The summed E-state index contributed by atoms with van der Waals surface area (Å²) in [6, 6.07) is 4.15. The van der Waals surface area contributed by atoms with Gasteiger partial charge in [-0.15, -0.1) is 0 Å². The molecule has 2 N–H and O–H groups in total. The number of pyridine rings is 2. The Bertz CT molecular complexity index is 515. The lowest BCUT2D eigenvalue weighted by Crippen LogP contribution is -2.33. The molecule has 0 spiro atoms. The number of rotatable bonds is 1. The summed E-state index contributed by atoms with van der Waals surface area (Å²) in [6.07, 6.45) is 10.1. The normalized spacial score (nSPS) is 19.1. The molecule has 1 aliphatic carbocycles. The van der Waals surface area contributed by atoms with Crippen LogP contribution in [0.5, 0.6) is 0 Å². The highest BCUT2D eigenvalue weighted by atomic mass is 14.8. The molecule has 0 aromatic carbocycles. The van der Waals surface area contributed by atoms with Crippen LogP contribution < -0.4 is 5.73 Å². The molecule has 0 amide bonds. The fourth-order valence-corrected chi connectivity index (χ4v) is 2.54. The van der Waals surface area contributed by atoms with Gasteiger partial charge in [-0.2, -0.15) is 0 Å². The van der Waals surface area contributed by atoms with E-state index in [0.29, 0.717) is 0 Å². The molecule has 0 unspecified atom stereocenters. The highest BCUT2D eigenvalue weighted by Gasteiger charge is 2.31. The van der Waals surface area contributed by atoms with Crippen LogP contribution in [0.3, 0.4) is 0 Å². The molecular weight excluding hydrogens is 198 g/mol. The zero-order chi connectivity index (χ0) is 11.0. The van der Waals surface area contributed by atoms with E-state index in [2.05, 4.69) is 16.0 Å². The molecule has 0 saturated heterocycles. The third-order valence-corrected chi connectivity index (χ3v) is 3.56. The highest BCUT2D eigenvalue weighted by molar-refractivity contribution is 5.77. The second-order valence-electron chi connectivity index (χ2n) is 4.66. The van der Waals surface area contributed by atoms with Crippen molar-refractivity contribution < 1.29 is 0 Å². The monoisotopic (exact) mass is 213 g/mol. The van der Waals surface area contributed by atoms with E-state index in [-0.39, 0.29) is 5.54 Å². The van der Waals surface area contributed by atoms with Crippen LogP contribution >= 0.6 is 0 Å². The van der Waals surface area contributed by atoms with E-state index in [1.807, 2.05) is 12.3 Å². The molecule has 1 fully saturated rings. The summed E-state index contributed by atoms with van der Waals surface area (Å²) < 4.78 is 0. The molecule has 0 aliphatic heterocycles. The number of hydrogen-bond acceptors (Lipinski definition) is 3. The zero-order valence-electron chi connectivity index (χ0n) is 9.19. The van der Waals surface area contributed by atoms with Crippen molar-refractivity contribution in [2.45, 2.75) is 31.2 Å². The second-order valence-corrected chi connectivity index (χ2v) is 4.66. The molecule has 0 atom stereocenters. The van der Waals surface area contributed by atoms with Crippen molar-refractivity contribution in [2.24, 2.45) is 5.73 Å². The van der Waals surface area contributed by atoms with Crippen LogP contribution in [0.15, 0.2) is 30.7 Å². The molecule has 3 heteroatoms. The van der Waals surface area contributed by atoms with Crippen molar-refractivity contribution >= 4 is 10.9 Å². The predicted molar refractivity (Wildman–Crippen MR) is 63.9 cm³/mol. The molecular formula is C13H15N3. The summed E-state index contributed by atoms with van der Waals surface area (Å²) in [4.78, 5) is 8.49. The van der Waals surface area contributed by atoms with E-state index in [0.717, 1.165) is 23.7 Å². The summed E-state index contributed by atoms with van der Waals surface area (Å²) in [7, 11) is 0. The van der Waals surface area contributed by atoms with Gasteiger partial charge in [0, 0.05) is 23.3 Å². The van der Waals surface area contributed by atoms with Gasteiger partial charge in [0.1, 0.15) is 0 Å². The Morgan fingerprint density at radius 2 is 2.00 bits per heavy atom. The Labute approximate surface area is 94.7 Å². The molecule has 16 heavy (non-hydrogen) atoms. The van der Waals surface area contributed by atoms with Crippen LogP contribution in [0, 0.1) is 0 Å². The number of nitrogens with zero attached hydrogens (tertiary/aromatic N) is 2. The van der Waals surface area contributed by atoms with E-state index in [9.17, 15) is 0 Å². The van der Waals surface area contributed by atoms with Gasteiger partial charge < -0.3 is 5.73 Å². The van der Waals surface area contributed by atoms with Gasteiger partial charge in [-0.25, -0.2) is 0 Å². The number of fused-ring (bicyclic) bond motifs is 1. The topological polar surface area (TPSA) is 51.8 Å². The van der Waals surface area contributed by atoms with Crippen molar-refractivity contribution in [1.82, 2.24) is 9.97 Å². The Balaban J connectivity index is 2.11. The molecule has 3 nitrogen and oxygen atoms in total. The molecule has 3 rings (SSSR count). The first-order chi connectivity index (χ1) is 7.78. The zero-order valence-corrected chi connectivity index (χ0v) is 9.19. The SMILES string of the molecule is NC1(c2cnc3cnccc3c2)CCCC1. The molecule has 1 saturated carbocycles. The highest BCUT2D eigenvalue weighted by Crippen LogP contribution is 2.36. The predicted octanol–water partition coefficient (Wildman–Crippen LogP) is 2.36. The van der Waals surface area contributed by atoms with Crippen LogP contribution in [-0.2, 0) is 5.54 Å². The Kier molecular flexibility index (Phi) is 2.14. The largest absolute Gasteiger partial charge is 0.321 e. The fraction of sp³-hybridized carbons (Fsp3) is 0.385. The standard InChI is InChI=1S/C13H15N3/c14-13(4-1-2-5-13)11-7-10-3-6-15-9-12(10)16-8-11/h3,6-9H,1-2,4-5,14H2. The second kappa shape index (κ2) is 3.52. The van der Waals surface area contributed by atoms with Crippen LogP contribution in [0.2, 0.25) is 0 Å². The van der Waals surface area contributed by atoms with Crippen molar-refractivity contribution in [1.29, 1.82) is 0 Å². The van der Waals surface area contributed by atoms with Gasteiger partial charge in [0.2, 0.25) is 0 Å². The minimum Gasteiger partial charge on any atom is -0.321 e. The summed E-state index contributed by atoms with van der Waals surface area (Å²) >= 11 is 0. The average molecular weight is 213 g/mol. The van der Waals surface area contributed by atoms with Crippen LogP contribution in [0.4, 0.5) is 0 Å². The van der Waals surface area contributed by atoms with Gasteiger partial charge in [0.25, 0.3) is 0 Å². The van der Waals surface area contributed by atoms with Crippen LogP contribution in [0.1, 0.15) is 31.2 Å². The van der Waals surface area contributed by atoms with E-state index >= 15 is 0 Å². The van der Waals surface area contributed by atoms with Gasteiger partial charge >= 0.3 is 0 Å². The van der Waals surface area contributed by atoms with Crippen LogP contribution in [-0.4, -0.2) is 9.97 Å². The number of aromatic nitrogens is 2. The van der Waals surface area contributed by atoms with Gasteiger partial charge in [-0.1, -0.05) is 12.8 Å². The maximum Gasteiger partial charge on any atom is 0.0885 e. The van der Waals surface area contributed by atoms with E-state index in [1.165, 1.54) is 18.4 Å². The summed E-state index contributed by atoms with van der Waals surface area (Å²) in [5, 5.41) is 1.13. The Hall–Kier alpha value is -1.48. The minimum atomic E-state index is -0.148. The van der Waals surface area contributed by atoms with E-state index in [1.54, 1.807) is 12.4 Å². The number of nitrogens with two attached hydrogens (primary N) is 1. The van der Waals surface area contributed by atoms with Crippen molar-refractivity contribution in [2.75, 3.05) is 0 Å². The van der Waals surface area contributed by atoms with Crippen LogP contribution in [0.25, 0.3) is 10.9 Å². The summed E-state index contributed by atoms with van der Waals surface area (Å²) in [5.41, 5.74) is 8.38. The maximum absolute atomic E-state index is 6.42. The molecule has 82 valence electrons. The van der Waals surface area contributed by atoms with Gasteiger partial charge in [-0.05, 0) is 30.5 Å². The molecule has 0 bridgehead atoms. The first-order valence-corrected chi connectivity index (χ1v) is 5.77. The maximum atomic E-state index is 6.42. The molecule has 0 radical (unpaired) electrons. The molecule has 2 aromatic rings. The smallest absolute Gasteiger partial charge is 0.0885 e. The Morgan fingerprint density at radius 1 is 1.19 bits per heavy atom. The number of hydrogen-bond donors (Lipinski definition) is 1. The van der Waals surface area contributed by atoms with E-state index < -0.39 is 0 Å². The first kappa shape index (κ1) is 9.73. The fourth-order valence-electron chi connectivity index (χ4n) is 2.54. The summed E-state index contributed by atoms with van der Waals surface area (Å²) in [6.45, 7) is 0. The van der Waals surface area contributed by atoms with Crippen molar-refractivity contribution in [3.05, 3.63) is 36.3 Å². The van der Waals surface area contributed by atoms with E-state index in [4.69, 9.17) is 5.73 Å². The quantitative estimate of drug-likeness (QED) is 0.791. The van der Waals surface area contributed by atoms with Gasteiger partial charge in [-0.3, -0.25) is 9.97 Å². The lowest BCUT2D eigenvalue weighted by molar-refractivity contribution is 0.461. The molecule has 1 aliphatic rings. The Morgan fingerprint density at radius 3 is 2.81 bits per heavy atom. The lowest BCUT2D eigenvalue weighted by Gasteiger charge is -2.23. The summed E-state index contributed by atoms with van der Waals surface area (Å²) in [5.74, 6) is 0. The van der Waals surface area contributed by atoms with Crippen molar-refractivity contribution in [3.63, 3.8) is 0 Å². The minimum absolute atomic E-state index is 0.148. The van der Waals surface area contributed by atoms with Gasteiger partial charge in [0.05, 0.1) is 11.7 Å². The molecule has 2 heterocycles. The van der Waals surface area contributed by atoms with Gasteiger partial charge in [0.15, 0.2) is 0 Å². The van der Waals surface area contributed by atoms with Crippen molar-refractivity contribution in [3.8, 4) is 0 Å². The first-order valence-electron chi connectivity index (χ1n) is 5.77. The average Bonchev–Trinajstić information content (AvgIpc) is 2.77.